The van der Waals surface area contributed by atoms with Crippen LogP contribution in [0.4, 0.5) is 16.4 Å². The van der Waals surface area contributed by atoms with Crippen LogP contribution in [0, 0.1) is 18.3 Å². The lowest BCUT2D eigenvalue weighted by atomic mass is 10.2. The van der Waals surface area contributed by atoms with Gasteiger partial charge in [0.2, 0.25) is 5.95 Å². The van der Waals surface area contributed by atoms with E-state index in [1.807, 2.05) is 0 Å². The van der Waals surface area contributed by atoms with Gasteiger partial charge in [0.05, 0.1) is 18.2 Å². The standard InChI is InChI=1S/C20H22N6O3/c1-3-29-20(28)26-10-8-25(9-11-26)18(27)17-12-14(2)22-19(24-17)23-16-6-4-15(13-21)5-7-16/h4-7,12H,3,8-11H2,1-2H3,(H,22,23,24). The van der Waals surface area contributed by atoms with Crippen LogP contribution in [0.1, 0.15) is 28.7 Å². The molecule has 9 heteroatoms. The summed E-state index contributed by atoms with van der Waals surface area (Å²) in [5.74, 6) is 0.102. The minimum Gasteiger partial charge on any atom is -0.450 e. The zero-order valence-electron chi connectivity index (χ0n) is 16.4. The first-order valence-electron chi connectivity index (χ1n) is 9.34. The number of piperazine rings is 1. The Balaban J connectivity index is 1.68. The van der Waals surface area contributed by atoms with E-state index in [2.05, 4.69) is 21.4 Å². The molecule has 1 saturated heterocycles. The molecule has 0 aliphatic carbocycles. The second-order valence-corrected chi connectivity index (χ2v) is 6.51. The Morgan fingerprint density at radius 2 is 1.79 bits per heavy atom. The highest BCUT2D eigenvalue weighted by molar-refractivity contribution is 5.93. The topological polar surface area (TPSA) is 111 Å². The number of carbonyl (C=O) groups is 2. The number of hydrogen-bond donors (Lipinski definition) is 1. The van der Waals surface area contributed by atoms with Gasteiger partial charge in [0.25, 0.3) is 5.91 Å². The summed E-state index contributed by atoms with van der Waals surface area (Å²) in [4.78, 5) is 36.6. The number of aryl methyl sites for hydroxylation is 1. The van der Waals surface area contributed by atoms with E-state index in [1.165, 1.54) is 0 Å². The Hall–Kier alpha value is -3.67. The quantitative estimate of drug-likeness (QED) is 0.847. The Bertz CT molecular complexity index is 930. The van der Waals surface area contributed by atoms with Crippen LogP contribution in [0.3, 0.4) is 0 Å². The molecule has 150 valence electrons. The van der Waals surface area contributed by atoms with Gasteiger partial charge in [-0.25, -0.2) is 14.8 Å². The molecule has 0 spiro atoms. The average Bonchev–Trinajstić information content (AvgIpc) is 2.73. The van der Waals surface area contributed by atoms with E-state index < -0.39 is 0 Å². The van der Waals surface area contributed by atoms with Gasteiger partial charge >= 0.3 is 6.09 Å². The van der Waals surface area contributed by atoms with E-state index in [1.54, 1.807) is 54.0 Å². The molecule has 0 atom stereocenters. The van der Waals surface area contributed by atoms with Crippen molar-refractivity contribution in [2.24, 2.45) is 0 Å². The van der Waals surface area contributed by atoms with E-state index in [0.29, 0.717) is 55.7 Å². The Labute approximate surface area is 168 Å². The van der Waals surface area contributed by atoms with Crippen LogP contribution < -0.4 is 5.32 Å². The van der Waals surface area contributed by atoms with E-state index in [0.717, 1.165) is 5.69 Å². The molecule has 1 aromatic carbocycles. The van der Waals surface area contributed by atoms with Crippen molar-refractivity contribution in [3.8, 4) is 6.07 Å². The minimum absolute atomic E-state index is 0.207. The number of aromatic nitrogens is 2. The van der Waals surface area contributed by atoms with Crippen LogP contribution in [0.15, 0.2) is 30.3 Å². The molecule has 2 amide bonds. The highest BCUT2D eigenvalue weighted by atomic mass is 16.6. The van der Waals surface area contributed by atoms with Gasteiger partial charge in [-0.3, -0.25) is 4.79 Å². The van der Waals surface area contributed by atoms with Crippen LogP contribution in [-0.2, 0) is 4.74 Å². The molecule has 29 heavy (non-hydrogen) atoms. The molecule has 0 saturated carbocycles. The zero-order chi connectivity index (χ0) is 20.8. The van der Waals surface area contributed by atoms with Gasteiger partial charge in [0.1, 0.15) is 5.69 Å². The van der Waals surface area contributed by atoms with Crippen molar-refractivity contribution in [2.45, 2.75) is 13.8 Å². The number of amides is 2. The van der Waals surface area contributed by atoms with Gasteiger partial charge in [-0.1, -0.05) is 0 Å². The third-order valence-electron chi connectivity index (χ3n) is 4.44. The fourth-order valence-electron chi connectivity index (χ4n) is 2.96. The van der Waals surface area contributed by atoms with Crippen molar-refractivity contribution in [3.05, 3.63) is 47.3 Å². The summed E-state index contributed by atoms with van der Waals surface area (Å²) in [7, 11) is 0. The average molecular weight is 394 g/mol. The van der Waals surface area contributed by atoms with Crippen LogP contribution >= 0.6 is 0 Å². The van der Waals surface area contributed by atoms with Crippen molar-refractivity contribution < 1.29 is 14.3 Å². The zero-order valence-corrected chi connectivity index (χ0v) is 16.4. The molecular weight excluding hydrogens is 372 g/mol. The Morgan fingerprint density at radius 3 is 2.41 bits per heavy atom. The normalized spacial score (nSPS) is 13.6. The monoisotopic (exact) mass is 394 g/mol. The lowest BCUT2D eigenvalue weighted by Gasteiger charge is -2.33. The van der Waals surface area contributed by atoms with Crippen LogP contribution in [0.25, 0.3) is 0 Å². The summed E-state index contributed by atoms with van der Waals surface area (Å²) in [5, 5.41) is 11.9. The molecule has 1 aromatic heterocycles. The SMILES string of the molecule is CCOC(=O)N1CCN(C(=O)c2cc(C)nc(Nc3ccc(C#N)cc3)n2)CC1. The second kappa shape index (κ2) is 9.01. The third-order valence-corrected chi connectivity index (χ3v) is 4.44. The van der Waals surface area contributed by atoms with Gasteiger partial charge in [-0.05, 0) is 44.2 Å². The van der Waals surface area contributed by atoms with Crippen LogP contribution in [0.5, 0.6) is 0 Å². The highest BCUT2D eigenvalue weighted by Gasteiger charge is 2.26. The van der Waals surface area contributed by atoms with Crippen molar-refractivity contribution in [3.63, 3.8) is 0 Å². The molecule has 1 fully saturated rings. The fourth-order valence-corrected chi connectivity index (χ4v) is 2.96. The maximum Gasteiger partial charge on any atom is 0.409 e. The largest absolute Gasteiger partial charge is 0.450 e. The van der Waals surface area contributed by atoms with Crippen molar-refractivity contribution in [2.75, 3.05) is 38.1 Å². The van der Waals surface area contributed by atoms with Crippen LogP contribution in [0.2, 0.25) is 0 Å². The highest BCUT2D eigenvalue weighted by Crippen LogP contribution is 2.16. The number of hydrogen-bond acceptors (Lipinski definition) is 7. The number of rotatable bonds is 4. The van der Waals surface area contributed by atoms with E-state index in [4.69, 9.17) is 10.00 Å². The maximum atomic E-state index is 12.9. The number of ether oxygens (including phenoxy) is 1. The third kappa shape index (κ3) is 4.99. The number of anilines is 2. The van der Waals surface area contributed by atoms with Gasteiger partial charge in [-0.2, -0.15) is 5.26 Å². The smallest absolute Gasteiger partial charge is 0.409 e. The maximum absolute atomic E-state index is 12.9. The minimum atomic E-state index is -0.355. The number of nitrogens with one attached hydrogen (secondary N) is 1. The molecule has 9 nitrogen and oxygen atoms in total. The van der Waals surface area contributed by atoms with Crippen LogP contribution in [-0.4, -0.2) is 64.6 Å². The molecule has 0 unspecified atom stereocenters. The van der Waals surface area contributed by atoms with E-state index in [9.17, 15) is 9.59 Å². The van der Waals surface area contributed by atoms with Crippen molar-refractivity contribution >= 4 is 23.6 Å². The Kier molecular flexibility index (Phi) is 6.24. The summed E-state index contributed by atoms with van der Waals surface area (Å²) < 4.78 is 5.00. The van der Waals surface area contributed by atoms with Crippen molar-refractivity contribution in [1.82, 2.24) is 19.8 Å². The predicted molar refractivity (Wildman–Crippen MR) is 106 cm³/mol. The number of benzene rings is 1. The van der Waals surface area contributed by atoms with Gasteiger partial charge < -0.3 is 19.9 Å². The molecule has 3 rings (SSSR count). The van der Waals surface area contributed by atoms with Crippen molar-refractivity contribution in [1.29, 1.82) is 5.26 Å². The second-order valence-electron chi connectivity index (χ2n) is 6.51. The molecule has 1 N–H and O–H groups in total. The summed E-state index contributed by atoms with van der Waals surface area (Å²) >= 11 is 0. The molecule has 0 bridgehead atoms. The van der Waals surface area contributed by atoms with Gasteiger partial charge in [-0.15, -0.1) is 0 Å². The van der Waals surface area contributed by atoms with Gasteiger partial charge in [0, 0.05) is 37.6 Å². The number of nitrogens with zero attached hydrogens (tertiary/aromatic N) is 5. The summed E-state index contributed by atoms with van der Waals surface area (Å²) in [6.07, 6.45) is -0.355. The van der Waals surface area contributed by atoms with E-state index in [-0.39, 0.29) is 12.0 Å². The summed E-state index contributed by atoms with van der Waals surface area (Å²) in [6, 6.07) is 10.6. The number of carbonyl (C=O) groups excluding carboxylic acids is 2. The molecular formula is C20H22N6O3. The molecule has 2 aromatic rings. The first-order valence-corrected chi connectivity index (χ1v) is 9.34. The lowest BCUT2D eigenvalue weighted by molar-refractivity contribution is 0.0566. The predicted octanol–water partition coefficient (Wildman–Crippen LogP) is 2.31. The van der Waals surface area contributed by atoms with Gasteiger partial charge in [0.15, 0.2) is 0 Å². The van der Waals surface area contributed by atoms with E-state index >= 15 is 0 Å². The lowest BCUT2D eigenvalue weighted by Crippen LogP contribution is -2.50. The first kappa shape index (κ1) is 20.1. The molecule has 1 aliphatic heterocycles. The summed E-state index contributed by atoms with van der Waals surface area (Å²) in [5.41, 5.74) is 2.22. The molecule has 0 radical (unpaired) electrons. The fraction of sp³-hybridized carbons (Fsp3) is 0.350. The summed E-state index contributed by atoms with van der Waals surface area (Å²) in [6.45, 7) is 5.56. The number of nitriles is 1. The molecule has 1 aliphatic rings. The first-order chi connectivity index (χ1) is 14.0. The Morgan fingerprint density at radius 1 is 1.14 bits per heavy atom. The molecule has 2 heterocycles.